The largest absolute Gasteiger partial charge is 0.457 e. The summed E-state index contributed by atoms with van der Waals surface area (Å²) >= 11 is 1.25. The number of hydrogen-bond acceptors (Lipinski definition) is 4. The summed E-state index contributed by atoms with van der Waals surface area (Å²) in [5.74, 6) is 1.91. The zero-order chi connectivity index (χ0) is 15.2. The number of benzene rings is 3. The second-order valence-corrected chi connectivity index (χ2v) is 6.21. The van der Waals surface area contributed by atoms with E-state index in [1.165, 1.54) is 28.4 Å². The van der Waals surface area contributed by atoms with Crippen LogP contribution in [0.3, 0.4) is 0 Å². The van der Waals surface area contributed by atoms with Crippen molar-refractivity contribution >= 4 is 22.8 Å². The molecular formula is C19H12N2OS. The normalized spacial score (nSPS) is 12.5. The second-order valence-electron chi connectivity index (χ2n) is 5.68. The fourth-order valence-electron chi connectivity index (χ4n) is 3.03. The number of hydrogen-bond donors (Lipinski definition) is 0. The van der Waals surface area contributed by atoms with E-state index in [4.69, 9.17) is 4.74 Å². The van der Waals surface area contributed by atoms with Gasteiger partial charge in [0.25, 0.3) is 0 Å². The van der Waals surface area contributed by atoms with E-state index in [1.54, 1.807) is 0 Å². The van der Waals surface area contributed by atoms with Crippen molar-refractivity contribution < 1.29 is 4.74 Å². The van der Waals surface area contributed by atoms with Crippen LogP contribution in [0.15, 0.2) is 60.7 Å². The van der Waals surface area contributed by atoms with Gasteiger partial charge >= 0.3 is 0 Å². The fourth-order valence-corrected chi connectivity index (χ4v) is 3.55. The second kappa shape index (κ2) is 4.89. The maximum Gasteiger partial charge on any atom is 0.131 e. The Bertz CT molecular complexity index is 1040. The maximum atomic E-state index is 6.01. The Morgan fingerprint density at radius 3 is 2.52 bits per heavy atom. The van der Waals surface area contributed by atoms with Gasteiger partial charge in [0, 0.05) is 6.42 Å². The Labute approximate surface area is 137 Å². The lowest BCUT2D eigenvalue weighted by Crippen LogP contribution is -2.02. The third kappa shape index (κ3) is 2.11. The maximum absolute atomic E-state index is 6.01. The van der Waals surface area contributed by atoms with Crippen molar-refractivity contribution in [2.24, 2.45) is 0 Å². The average molecular weight is 316 g/mol. The minimum Gasteiger partial charge on any atom is -0.457 e. The van der Waals surface area contributed by atoms with Crippen LogP contribution in [0.25, 0.3) is 22.2 Å². The molecule has 0 atom stereocenters. The summed E-state index contributed by atoms with van der Waals surface area (Å²) < 4.78 is 14.6. The zero-order valence-corrected chi connectivity index (χ0v) is 13.0. The monoisotopic (exact) mass is 316 g/mol. The van der Waals surface area contributed by atoms with Crippen LogP contribution in [0.5, 0.6) is 11.5 Å². The van der Waals surface area contributed by atoms with E-state index in [0.29, 0.717) is 0 Å². The van der Waals surface area contributed by atoms with Gasteiger partial charge in [-0.25, -0.2) is 0 Å². The first-order valence-corrected chi connectivity index (χ1v) is 8.21. The van der Waals surface area contributed by atoms with Crippen molar-refractivity contribution in [2.45, 2.75) is 6.42 Å². The standard InChI is InChI=1S/C19H12N2OS/c1-2-4-18-14(3-1)10-15-9-12(6-8-19(15)22-18)13-5-7-16-17(11-13)21-23-20-16/h1-9,11H,10H2. The lowest BCUT2D eigenvalue weighted by Gasteiger charge is -2.20. The highest BCUT2D eigenvalue weighted by Crippen LogP contribution is 2.38. The van der Waals surface area contributed by atoms with Gasteiger partial charge in [-0.3, -0.25) is 0 Å². The Morgan fingerprint density at radius 2 is 1.52 bits per heavy atom. The summed E-state index contributed by atoms with van der Waals surface area (Å²) in [6, 6.07) is 20.8. The zero-order valence-electron chi connectivity index (χ0n) is 12.2. The predicted octanol–water partition coefficient (Wildman–Crippen LogP) is 5.05. The van der Waals surface area contributed by atoms with Crippen molar-refractivity contribution in [1.82, 2.24) is 8.75 Å². The molecule has 0 amide bonds. The van der Waals surface area contributed by atoms with Crippen molar-refractivity contribution in [2.75, 3.05) is 0 Å². The first kappa shape index (κ1) is 12.8. The molecule has 0 saturated carbocycles. The lowest BCUT2D eigenvalue weighted by molar-refractivity contribution is 0.460. The first-order chi connectivity index (χ1) is 11.4. The molecule has 0 radical (unpaired) electrons. The Hall–Kier alpha value is -2.72. The summed E-state index contributed by atoms with van der Waals surface area (Å²) in [6.07, 6.45) is 0.903. The number of fused-ring (bicyclic) bond motifs is 3. The molecule has 0 N–H and O–H groups in total. The molecule has 2 heterocycles. The van der Waals surface area contributed by atoms with Gasteiger partial charge in [0.2, 0.25) is 0 Å². The van der Waals surface area contributed by atoms with Crippen LogP contribution in [0.4, 0.5) is 0 Å². The molecule has 1 aliphatic heterocycles. The summed E-state index contributed by atoms with van der Waals surface area (Å²) in [5, 5.41) is 0. The molecule has 1 aliphatic rings. The van der Waals surface area contributed by atoms with Crippen LogP contribution in [0, 0.1) is 0 Å². The van der Waals surface area contributed by atoms with Crippen LogP contribution in [-0.4, -0.2) is 8.75 Å². The Morgan fingerprint density at radius 1 is 0.739 bits per heavy atom. The van der Waals surface area contributed by atoms with Crippen LogP contribution in [0.2, 0.25) is 0 Å². The smallest absolute Gasteiger partial charge is 0.131 e. The molecule has 3 nitrogen and oxygen atoms in total. The molecule has 3 aromatic carbocycles. The SMILES string of the molecule is c1ccc2c(c1)Cc1cc(-c3ccc4nsnc4c3)ccc1O2. The van der Waals surface area contributed by atoms with Gasteiger partial charge in [0.15, 0.2) is 0 Å². The van der Waals surface area contributed by atoms with Gasteiger partial charge in [-0.05, 0) is 52.6 Å². The van der Waals surface area contributed by atoms with Crippen LogP contribution < -0.4 is 4.74 Å². The minimum atomic E-state index is 0.903. The summed E-state index contributed by atoms with van der Waals surface area (Å²) in [5.41, 5.74) is 6.70. The van der Waals surface area contributed by atoms with Crippen molar-refractivity contribution in [1.29, 1.82) is 0 Å². The predicted molar refractivity (Wildman–Crippen MR) is 92.2 cm³/mol. The van der Waals surface area contributed by atoms with E-state index in [9.17, 15) is 0 Å². The number of aromatic nitrogens is 2. The van der Waals surface area contributed by atoms with Gasteiger partial charge in [0.1, 0.15) is 22.5 Å². The molecule has 23 heavy (non-hydrogen) atoms. The van der Waals surface area contributed by atoms with Crippen molar-refractivity contribution in [3.8, 4) is 22.6 Å². The topological polar surface area (TPSA) is 35.0 Å². The molecule has 5 rings (SSSR count). The third-order valence-electron chi connectivity index (χ3n) is 4.22. The highest BCUT2D eigenvalue weighted by atomic mass is 32.1. The molecule has 0 fully saturated rings. The van der Waals surface area contributed by atoms with Gasteiger partial charge in [0.05, 0.1) is 11.7 Å². The molecule has 1 aromatic heterocycles. The molecular weight excluding hydrogens is 304 g/mol. The molecule has 0 spiro atoms. The molecule has 110 valence electrons. The molecule has 0 aliphatic carbocycles. The van der Waals surface area contributed by atoms with Crippen LogP contribution >= 0.6 is 11.7 Å². The van der Waals surface area contributed by atoms with Crippen molar-refractivity contribution in [3.05, 3.63) is 71.8 Å². The number of para-hydroxylation sites is 1. The molecule has 4 aromatic rings. The molecule has 0 bridgehead atoms. The minimum absolute atomic E-state index is 0.903. The summed E-state index contributed by atoms with van der Waals surface area (Å²) in [4.78, 5) is 0. The van der Waals surface area contributed by atoms with Crippen LogP contribution in [-0.2, 0) is 6.42 Å². The Kier molecular flexibility index (Phi) is 2.72. The molecule has 4 heteroatoms. The van der Waals surface area contributed by atoms with E-state index < -0.39 is 0 Å². The van der Waals surface area contributed by atoms with E-state index in [1.807, 2.05) is 18.2 Å². The lowest BCUT2D eigenvalue weighted by atomic mass is 9.96. The third-order valence-corrected chi connectivity index (χ3v) is 4.78. The van der Waals surface area contributed by atoms with Gasteiger partial charge in [-0.2, -0.15) is 8.75 Å². The van der Waals surface area contributed by atoms with Crippen molar-refractivity contribution in [3.63, 3.8) is 0 Å². The first-order valence-electron chi connectivity index (χ1n) is 7.48. The summed E-state index contributed by atoms with van der Waals surface area (Å²) in [7, 11) is 0. The highest BCUT2D eigenvalue weighted by Gasteiger charge is 2.17. The summed E-state index contributed by atoms with van der Waals surface area (Å²) in [6.45, 7) is 0. The van der Waals surface area contributed by atoms with Gasteiger partial charge in [-0.15, -0.1) is 0 Å². The molecule has 0 saturated heterocycles. The van der Waals surface area contributed by atoms with E-state index in [2.05, 4.69) is 51.2 Å². The number of rotatable bonds is 1. The number of nitrogens with zero attached hydrogens (tertiary/aromatic N) is 2. The quantitative estimate of drug-likeness (QED) is 0.434. The van der Waals surface area contributed by atoms with E-state index in [-0.39, 0.29) is 0 Å². The average Bonchev–Trinajstić information content (AvgIpc) is 3.07. The van der Waals surface area contributed by atoms with Crippen LogP contribution in [0.1, 0.15) is 11.1 Å². The fraction of sp³-hybridized carbons (Fsp3) is 0.0526. The Balaban J connectivity index is 1.59. The number of ether oxygens (including phenoxy) is 1. The van der Waals surface area contributed by atoms with E-state index in [0.717, 1.165) is 34.5 Å². The highest BCUT2D eigenvalue weighted by molar-refractivity contribution is 7.00. The van der Waals surface area contributed by atoms with Gasteiger partial charge < -0.3 is 4.74 Å². The van der Waals surface area contributed by atoms with E-state index >= 15 is 0 Å². The molecule has 0 unspecified atom stereocenters. The van der Waals surface area contributed by atoms with Gasteiger partial charge in [-0.1, -0.05) is 30.3 Å².